The maximum Gasteiger partial charge on any atom is 0.135 e. The summed E-state index contributed by atoms with van der Waals surface area (Å²) in [6, 6.07) is 4.33. The van der Waals surface area contributed by atoms with Crippen molar-refractivity contribution in [1.29, 1.82) is 0 Å². The van der Waals surface area contributed by atoms with Crippen LogP contribution in [0.3, 0.4) is 0 Å². The lowest BCUT2D eigenvalue weighted by molar-refractivity contribution is 0.322. The molecule has 1 unspecified atom stereocenters. The summed E-state index contributed by atoms with van der Waals surface area (Å²) in [6.45, 7) is 3.01. The number of aromatic nitrogens is 1. The second kappa shape index (κ2) is 5.32. The van der Waals surface area contributed by atoms with Gasteiger partial charge in [-0.15, -0.1) is 0 Å². The lowest BCUT2D eigenvalue weighted by Gasteiger charge is -2.16. The second-order valence-corrected chi connectivity index (χ2v) is 4.84. The van der Waals surface area contributed by atoms with Gasteiger partial charge in [0.25, 0.3) is 0 Å². The molecular weight excluding hydrogens is 245 g/mol. The molecule has 16 heavy (non-hydrogen) atoms. The highest BCUT2D eigenvalue weighted by molar-refractivity contribution is 6.32. The van der Waals surface area contributed by atoms with Crippen LogP contribution in [-0.4, -0.2) is 36.1 Å². The zero-order valence-electron chi connectivity index (χ0n) is 9.21. The molecule has 0 saturated carbocycles. The Balaban J connectivity index is 1.99. The quantitative estimate of drug-likeness (QED) is 0.844. The van der Waals surface area contributed by atoms with E-state index in [2.05, 4.69) is 15.2 Å². The first-order valence-electron chi connectivity index (χ1n) is 5.39. The predicted octanol–water partition coefficient (Wildman–Crippen LogP) is 2.18. The number of likely N-dealkylation sites (N-methyl/N-ethyl adjacent to an activating group) is 1. The van der Waals surface area contributed by atoms with E-state index in [1.165, 1.54) is 6.42 Å². The van der Waals surface area contributed by atoms with Crippen molar-refractivity contribution in [1.82, 2.24) is 15.2 Å². The molecule has 0 aliphatic carbocycles. The Morgan fingerprint density at radius 2 is 2.31 bits per heavy atom. The van der Waals surface area contributed by atoms with Crippen molar-refractivity contribution in [3.8, 4) is 0 Å². The SMILES string of the molecule is CNC1CCN(Cc2ccc(Cl)nc2Cl)C1. The predicted molar refractivity (Wildman–Crippen MR) is 67.0 cm³/mol. The van der Waals surface area contributed by atoms with E-state index in [-0.39, 0.29) is 0 Å². The number of halogens is 2. The molecular formula is C11H15Cl2N3. The molecule has 1 fully saturated rings. The van der Waals surface area contributed by atoms with Crippen LogP contribution in [0.4, 0.5) is 0 Å². The topological polar surface area (TPSA) is 28.2 Å². The van der Waals surface area contributed by atoms with Crippen molar-refractivity contribution >= 4 is 23.2 Å². The molecule has 1 aromatic rings. The number of pyridine rings is 1. The molecule has 1 saturated heterocycles. The first-order chi connectivity index (χ1) is 7.69. The van der Waals surface area contributed by atoms with Gasteiger partial charge in [0.2, 0.25) is 0 Å². The van der Waals surface area contributed by atoms with Gasteiger partial charge >= 0.3 is 0 Å². The molecule has 0 amide bonds. The monoisotopic (exact) mass is 259 g/mol. The molecule has 3 nitrogen and oxygen atoms in total. The van der Waals surface area contributed by atoms with Crippen LogP contribution in [0.25, 0.3) is 0 Å². The molecule has 0 spiro atoms. The van der Waals surface area contributed by atoms with Gasteiger partial charge in [-0.25, -0.2) is 4.98 Å². The van der Waals surface area contributed by atoms with Gasteiger partial charge in [0.1, 0.15) is 10.3 Å². The number of rotatable bonds is 3. The minimum atomic E-state index is 0.447. The lowest BCUT2D eigenvalue weighted by Crippen LogP contribution is -2.29. The van der Waals surface area contributed by atoms with E-state index in [0.29, 0.717) is 16.3 Å². The minimum absolute atomic E-state index is 0.447. The fourth-order valence-electron chi connectivity index (χ4n) is 2.01. The third-order valence-electron chi connectivity index (χ3n) is 2.97. The molecule has 1 aliphatic heterocycles. The van der Waals surface area contributed by atoms with E-state index in [0.717, 1.165) is 25.2 Å². The third-order valence-corrected chi connectivity index (χ3v) is 3.50. The van der Waals surface area contributed by atoms with Crippen LogP contribution in [0.2, 0.25) is 10.3 Å². The summed E-state index contributed by atoms with van der Waals surface area (Å²) in [5.41, 5.74) is 1.04. The van der Waals surface area contributed by atoms with Crippen molar-refractivity contribution in [2.45, 2.75) is 19.0 Å². The Labute approximate surface area is 106 Å². The first-order valence-corrected chi connectivity index (χ1v) is 6.15. The summed E-state index contributed by atoms with van der Waals surface area (Å²) in [5.74, 6) is 0. The van der Waals surface area contributed by atoms with Gasteiger partial charge in [-0.2, -0.15) is 0 Å². The largest absolute Gasteiger partial charge is 0.316 e. The number of hydrogen-bond acceptors (Lipinski definition) is 3. The highest BCUT2D eigenvalue weighted by Crippen LogP contribution is 2.20. The average molecular weight is 260 g/mol. The fourth-order valence-corrected chi connectivity index (χ4v) is 2.42. The molecule has 88 valence electrons. The molecule has 2 heterocycles. The highest BCUT2D eigenvalue weighted by atomic mass is 35.5. The van der Waals surface area contributed by atoms with Crippen LogP contribution < -0.4 is 5.32 Å². The summed E-state index contributed by atoms with van der Waals surface area (Å²) in [4.78, 5) is 6.42. The molecule has 0 radical (unpaired) electrons. The Morgan fingerprint density at radius 1 is 1.50 bits per heavy atom. The Bertz CT molecular complexity index is 370. The van der Waals surface area contributed by atoms with Crippen LogP contribution in [0.1, 0.15) is 12.0 Å². The maximum atomic E-state index is 6.04. The van der Waals surface area contributed by atoms with Crippen molar-refractivity contribution in [2.24, 2.45) is 0 Å². The van der Waals surface area contributed by atoms with Crippen LogP contribution in [-0.2, 0) is 6.54 Å². The van der Waals surface area contributed by atoms with Crippen molar-refractivity contribution in [3.05, 3.63) is 28.0 Å². The molecule has 0 aromatic carbocycles. The van der Waals surface area contributed by atoms with E-state index in [1.807, 2.05) is 13.1 Å². The highest BCUT2D eigenvalue weighted by Gasteiger charge is 2.21. The smallest absolute Gasteiger partial charge is 0.135 e. The molecule has 1 aliphatic rings. The first kappa shape index (κ1) is 12.1. The number of hydrogen-bond donors (Lipinski definition) is 1. The average Bonchev–Trinajstić information content (AvgIpc) is 2.70. The zero-order chi connectivity index (χ0) is 11.5. The van der Waals surface area contributed by atoms with Crippen LogP contribution in [0.15, 0.2) is 12.1 Å². The number of nitrogens with zero attached hydrogens (tertiary/aromatic N) is 2. The summed E-state index contributed by atoms with van der Waals surface area (Å²) < 4.78 is 0. The summed E-state index contributed by atoms with van der Waals surface area (Å²) in [6.07, 6.45) is 1.19. The van der Waals surface area contributed by atoms with Gasteiger partial charge in [-0.1, -0.05) is 29.3 Å². The normalized spacial score (nSPS) is 21.6. The summed E-state index contributed by atoms with van der Waals surface area (Å²) in [7, 11) is 2.00. The van der Waals surface area contributed by atoms with Gasteiger partial charge in [0.15, 0.2) is 0 Å². The van der Waals surface area contributed by atoms with E-state index in [1.54, 1.807) is 6.07 Å². The van der Waals surface area contributed by atoms with E-state index in [9.17, 15) is 0 Å². The van der Waals surface area contributed by atoms with E-state index >= 15 is 0 Å². The zero-order valence-corrected chi connectivity index (χ0v) is 10.7. The summed E-state index contributed by atoms with van der Waals surface area (Å²) in [5, 5.41) is 4.25. The second-order valence-electron chi connectivity index (χ2n) is 4.09. The van der Waals surface area contributed by atoms with Gasteiger partial charge in [-0.3, -0.25) is 4.90 Å². The van der Waals surface area contributed by atoms with Gasteiger partial charge < -0.3 is 5.32 Å². The molecule has 2 rings (SSSR count). The number of likely N-dealkylation sites (tertiary alicyclic amines) is 1. The van der Waals surface area contributed by atoms with Gasteiger partial charge in [0, 0.05) is 31.2 Å². The fraction of sp³-hybridized carbons (Fsp3) is 0.545. The van der Waals surface area contributed by atoms with Crippen molar-refractivity contribution in [3.63, 3.8) is 0 Å². The van der Waals surface area contributed by atoms with Crippen molar-refractivity contribution < 1.29 is 0 Å². The third kappa shape index (κ3) is 2.86. The molecule has 1 atom stereocenters. The molecule has 5 heteroatoms. The standard InChI is InChI=1S/C11H15Cl2N3/c1-14-9-4-5-16(7-9)6-8-2-3-10(12)15-11(8)13/h2-3,9,14H,4-7H2,1H3. The van der Waals surface area contributed by atoms with E-state index in [4.69, 9.17) is 23.2 Å². The molecule has 1 aromatic heterocycles. The van der Waals surface area contributed by atoms with Gasteiger partial charge in [0.05, 0.1) is 0 Å². The van der Waals surface area contributed by atoms with Crippen LogP contribution >= 0.6 is 23.2 Å². The Kier molecular flexibility index (Phi) is 4.03. The van der Waals surface area contributed by atoms with Gasteiger partial charge in [-0.05, 0) is 19.5 Å². The van der Waals surface area contributed by atoms with Crippen molar-refractivity contribution in [2.75, 3.05) is 20.1 Å². The minimum Gasteiger partial charge on any atom is -0.316 e. The summed E-state index contributed by atoms with van der Waals surface area (Å²) >= 11 is 11.8. The molecule has 0 bridgehead atoms. The van der Waals surface area contributed by atoms with E-state index < -0.39 is 0 Å². The Morgan fingerprint density at radius 3 is 2.94 bits per heavy atom. The van der Waals surface area contributed by atoms with Crippen LogP contribution in [0, 0.1) is 0 Å². The lowest BCUT2D eigenvalue weighted by atomic mass is 10.2. The Hall–Kier alpha value is -0.350. The van der Waals surface area contributed by atoms with Crippen LogP contribution in [0.5, 0.6) is 0 Å². The number of nitrogens with one attached hydrogen (secondary N) is 1. The maximum absolute atomic E-state index is 6.04. The molecule has 1 N–H and O–H groups in total.